The van der Waals surface area contributed by atoms with Crippen LogP contribution in [0.3, 0.4) is 0 Å². The highest BCUT2D eigenvalue weighted by atomic mass is 35.5. The summed E-state index contributed by atoms with van der Waals surface area (Å²) in [6.07, 6.45) is 0. The number of ether oxygens (including phenoxy) is 2. The molecule has 32 heavy (non-hydrogen) atoms. The maximum atomic E-state index is 12.5. The standard InChI is InChI=1S/C22H18ClN5O3S/c1-30-19-10-3-13(11-20(19)31-2)21(29)25-22(32)24-15-6-9-17-18(12-15)27-28(26-17)16-7-4-14(23)5-8-16/h3-12H,1-2H3,(H2,24,25,29,32). The maximum Gasteiger partial charge on any atom is 0.257 e. The van der Waals surface area contributed by atoms with Crippen LogP contribution in [0.25, 0.3) is 16.7 Å². The van der Waals surface area contributed by atoms with Crippen LogP contribution < -0.4 is 20.1 Å². The lowest BCUT2D eigenvalue weighted by molar-refractivity contribution is 0.0977. The van der Waals surface area contributed by atoms with Crippen molar-refractivity contribution >= 4 is 51.6 Å². The van der Waals surface area contributed by atoms with Crippen molar-refractivity contribution in [1.82, 2.24) is 20.3 Å². The number of benzene rings is 3. The van der Waals surface area contributed by atoms with Crippen LogP contribution in [-0.2, 0) is 0 Å². The summed E-state index contributed by atoms with van der Waals surface area (Å²) in [5.41, 5.74) is 3.22. The fourth-order valence-electron chi connectivity index (χ4n) is 3.00. The molecule has 162 valence electrons. The lowest BCUT2D eigenvalue weighted by Gasteiger charge is -2.11. The molecule has 0 aliphatic carbocycles. The first-order valence-electron chi connectivity index (χ1n) is 9.44. The number of methoxy groups -OCH3 is 2. The molecule has 4 rings (SSSR count). The Hall–Kier alpha value is -3.69. The third kappa shape index (κ3) is 4.63. The Morgan fingerprint density at radius 3 is 2.38 bits per heavy atom. The lowest BCUT2D eigenvalue weighted by Crippen LogP contribution is -2.34. The largest absolute Gasteiger partial charge is 0.493 e. The minimum Gasteiger partial charge on any atom is -0.493 e. The normalized spacial score (nSPS) is 10.6. The molecule has 0 fully saturated rings. The molecule has 8 nitrogen and oxygen atoms in total. The molecule has 2 N–H and O–H groups in total. The molecule has 0 aliphatic rings. The Labute approximate surface area is 194 Å². The van der Waals surface area contributed by atoms with Crippen molar-refractivity contribution in [3.63, 3.8) is 0 Å². The van der Waals surface area contributed by atoms with Gasteiger partial charge in [0, 0.05) is 16.3 Å². The number of carbonyl (C=O) groups excluding carboxylic acids is 1. The van der Waals surface area contributed by atoms with Crippen molar-refractivity contribution < 1.29 is 14.3 Å². The summed E-state index contributed by atoms with van der Waals surface area (Å²) in [5.74, 6) is 0.608. The molecule has 0 aliphatic heterocycles. The lowest BCUT2D eigenvalue weighted by atomic mass is 10.2. The fourth-order valence-corrected chi connectivity index (χ4v) is 3.33. The summed E-state index contributed by atoms with van der Waals surface area (Å²) in [6.45, 7) is 0. The van der Waals surface area contributed by atoms with E-state index in [1.807, 2.05) is 18.2 Å². The maximum absolute atomic E-state index is 12.5. The van der Waals surface area contributed by atoms with E-state index in [0.29, 0.717) is 38.8 Å². The summed E-state index contributed by atoms with van der Waals surface area (Å²) in [5, 5.41) is 15.4. The number of aromatic nitrogens is 3. The zero-order chi connectivity index (χ0) is 22.7. The van der Waals surface area contributed by atoms with E-state index in [9.17, 15) is 4.79 Å². The number of nitrogens with zero attached hydrogens (tertiary/aromatic N) is 3. The van der Waals surface area contributed by atoms with Crippen LogP contribution in [0.1, 0.15) is 10.4 Å². The van der Waals surface area contributed by atoms with Gasteiger partial charge in [-0.15, -0.1) is 10.2 Å². The van der Waals surface area contributed by atoms with Gasteiger partial charge in [0.2, 0.25) is 0 Å². The first-order valence-corrected chi connectivity index (χ1v) is 10.2. The molecule has 0 radical (unpaired) electrons. The highest BCUT2D eigenvalue weighted by molar-refractivity contribution is 7.80. The van der Waals surface area contributed by atoms with Gasteiger partial charge in [0.05, 0.1) is 19.9 Å². The summed E-state index contributed by atoms with van der Waals surface area (Å²) < 4.78 is 10.4. The van der Waals surface area contributed by atoms with Gasteiger partial charge >= 0.3 is 0 Å². The van der Waals surface area contributed by atoms with E-state index in [1.165, 1.54) is 19.0 Å². The predicted molar refractivity (Wildman–Crippen MR) is 127 cm³/mol. The van der Waals surface area contributed by atoms with Gasteiger partial charge < -0.3 is 14.8 Å². The molecular formula is C22H18ClN5O3S. The average Bonchev–Trinajstić information content (AvgIpc) is 3.22. The van der Waals surface area contributed by atoms with Crippen LogP contribution in [-0.4, -0.2) is 40.2 Å². The smallest absolute Gasteiger partial charge is 0.257 e. The number of halogens is 1. The second-order valence-corrected chi connectivity index (χ2v) is 7.49. The minimum atomic E-state index is -0.377. The summed E-state index contributed by atoms with van der Waals surface area (Å²) >= 11 is 11.2. The van der Waals surface area contributed by atoms with Crippen molar-refractivity contribution in [2.45, 2.75) is 0 Å². The summed E-state index contributed by atoms with van der Waals surface area (Å²) in [6, 6.07) is 17.5. The van der Waals surface area contributed by atoms with Crippen LogP contribution in [0.4, 0.5) is 5.69 Å². The molecule has 10 heteroatoms. The minimum absolute atomic E-state index is 0.147. The first-order chi connectivity index (χ1) is 15.5. The van der Waals surface area contributed by atoms with Crippen molar-refractivity contribution in [2.24, 2.45) is 0 Å². The molecule has 0 bridgehead atoms. The number of hydrogen-bond donors (Lipinski definition) is 2. The molecule has 0 atom stereocenters. The number of fused-ring (bicyclic) bond motifs is 1. The molecule has 4 aromatic rings. The Kier molecular flexibility index (Phi) is 6.20. The van der Waals surface area contributed by atoms with Crippen molar-refractivity contribution in [2.75, 3.05) is 19.5 Å². The molecule has 0 spiro atoms. The zero-order valence-corrected chi connectivity index (χ0v) is 18.7. The van der Waals surface area contributed by atoms with Crippen molar-refractivity contribution in [3.8, 4) is 17.2 Å². The van der Waals surface area contributed by atoms with Crippen molar-refractivity contribution in [1.29, 1.82) is 0 Å². The Morgan fingerprint density at radius 2 is 1.66 bits per heavy atom. The number of nitrogens with one attached hydrogen (secondary N) is 2. The van der Waals surface area contributed by atoms with Gasteiger partial charge in [-0.3, -0.25) is 10.1 Å². The molecule has 1 heterocycles. The first kappa shape index (κ1) is 21.5. The van der Waals surface area contributed by atoms with E-state index < -0.39 is 0 Å². The van der Waals surface area contributed by atoms with E-state index in [0.717, 1.165) is 5.69 Å². The number of thiocarbonyl (C=S) groups is 1. The third-order valence-corrected chi connectivity index (χ3v) is 5.02. The second-order valence-electron chi connectivity index (χ2n) is 6.65. The van der Waals surface area contributed by atoms with Crippen LogP contribution >= 0.6 is 23.8 Å². The molecule has 1 amide bonds. The fraction of sp³-hybridized carbons (Fsp3) is 0.0909. The predicted octanol–water partition coefficient (Wildman–Crippen LogP) is 4.22. The molecule has 0 saturated heterocycles. The van der Waals surface area contributed by atoms with Gasteiger partial charge in [-0.05, 0) is 72.9 Å². The Morgan fingerprint density at radius 1 is 0.938 bits per heavy atom. The zero-order valence-electron chi connectivity index (χ0n) is 17.1. The monoisotopic (exact) mass is 467 g/mol. The van der Waals surface area contributed by atoms with E-state index in [4.69, 9.17) is 33.3 Å². The topological polar surface area (TPSA) is 90.3 Å². The van der Waals surface area contributed by atoms with E-state index >= 15 is 0 Å². The summed E-state index contributed by atoms with van der Waals surface area (Å²) in [7, 11) is 3.03. The Bertz CT molecular complexity index is 1310. The highest BCUT2D eigenvalue weighted by Gasteiger charge is 2.13. The number of amides is 1. The van der Waals surface area contributed by atoms with E-state index in [-0.39, 0.29) is 11.0 Å². The van der Waals surface area contributed by atoms with E-state index in [1.54, 1.807) is 42.5 Å². The average molecular weight is 468 g/mol. The molecule has 3 aromatic carbocycles. The number of rotatable bonds is 5. The SMILES string of the molecule is COc1ccc(C(=O)NC(=S)Nc2ccc3nn(-c4ccc(Cl)cc4)nc3c2)cc1OC. The third-order valence-electron chi connectivity index (χ3n) is 4.57. The van der Waals surface area contributed by atoms with Gasteiger partial charge in [-0.2, -0.15) is 4.80 Å². The van der Waals surface area contributed by atoms with Crippen LogP contribution in [0.15, 0.2) is 60.7 Å². The molecule has 0 unspecified atom stereocenters. The summed E-state index contributed by atoms with van der Waals surface area (Å²) in [4.78, 5) is 14.1. The van der Waals surface area contributed by atoms with Crippen molar-refractivity contribution in [3.05, 3.63) is 71.2 Å². The molecule has 1 aromatic heterocycles. The highest BCUT2D eigenvalue weighted by Crippen LogP contribution is 2.27. The van der Waals surface area contributed by atoms with Gasteiger partial charge in [0.15, 0.2) is 16.6 Å². The number of hydrogen-bond acceptors (Lipinski definition) is 6. The van der Waals surface area contributed by atoms with E-state index in [2.05, 4.69) is 20.8 Å². The van der Waals surface area contributed by atoms with Crippen LogP contribution in [0.5, 0.6) is 11.5 Å². The van der Waals surface area contributed by atoms with Gasteiger partial charge in [0.25, 0.3) is 5.91 Å². The van der Waals surface area contributed by atoms with Crippen LogP contribution in [0, 0.1) is 0 Å². The quantitative estimate of drug-likeness (QED) is 0.425. The van der Waals surface area contributed by atoms with Gasteiger partial charge in [-0.1, -0.05) is 11.6 Å². The van der Waals surface area contributed by atoms with Gasteiger partial charge in [-0.25, -0.2) is 0 Å². The van der Waals surface area contributed by atoms with Gasteiger partial charge in [0.1, 0.15) is 11.0 Å². The van der Waals surface area contributed by atoms with Crippen LogP contribution in [0.2, 0.25) is 5.02 Å². The second kappa shape index (κ2) is 9.21. The number of carbonyl (C=O) groups is 1. The molecular weight excluding hydrogens is 450 g/mol. The Balaban J connectivity index is 1.46. The number of anilines is 1. The molecule has 0 saturated carbocycles.